The van der Waals surface area contributed by atoms with Gasteiger partial charge >= 0.3 is 11.9 Å². The summed E-state index contributed by atoms with van der Waals surface area (Å²) >= 11 is 0. The highest BCUT2D eigenvalue weighted by molar-refractivity contribution is 5.90. The minimum absolute atomic E-state index is 0.0617. The van der Waals surface area contributed by atoms with Crippen LogP contribution < -0.4 is 11.5 Å². The third-order valence-corrected chi connectivity index (χ3v) is 1.56. The van der Waals surface area contributed by atoms with Crippen LogP contribution in [0.4, 0.5) is 0 Å². The number of nitrogens with two attached hydrogens (primary N) is 2. The lowest BCUT2D eigenvalue weighted by atomic mass is 10.1. The highest BCUT2D eigenvalue weighted by atomic mass is 16.6. The van der Waals surface area contributed by atoms with Crippen molar-refractivity contribution in [3.63, 3.8) is 0 Å². The average molecular weight is 188 g/mol. The van der Waals surface area contributed by atoms with E-state index in [1.54, 1.807) is 13.8 Å². The van der Waals surface area contributed by atoms with E-state index in [-0.39, 0.29) is 5.92 Å². The van der Waals surface area contributed by atoms with Crippen LogP contribution in [0, 0.1) is 5.92 Å². The Morgan fingerprint density at radius 1 is 1.08 bits per heavy atom. The molecule has 5 nitrogen and oxygen atoms in total. The van der Waals surface area contributed by atoms with Gasteiger partial charge in [-0.05, 0) is 12.8 Å². The lowest BCUT2D eigenvalue weighted by Gasteiger charge is -2.13. The van der Waals surface area contributed by atoms with E-state index < -0.39 is 24.0 Å². The Bertz CT molecular complexity index is 202. The number of hydrogen-bond acceptors (Lipinski definition) is 5. The van der Waals surface area contributed by atoms with E-state index in [0.29, 0.717) is 0 Å². The summed E-state index contributed by atoms with van der Waals surface area (Å²) in [4.78, 5) is 21.9. The second-order valence-electron chi connectivity index (χ2n) is 3.30. The second kappa shape index (κ2) is 4.94. The molecule has 4 N–H and O–H groups in total. The van der Waals surface area contributed by atoms with Gasteiger partial charge in [0.05, 0.1) is 0 Å². The van der Waals surface area contributed by atoms with Crippen molar-refractivity contribution in [1.29, 1.82) is 0 Å². The first kappa shape index (κ1) is 12.1. The quantitative estimate of drug-likeness (QED) is 0.455. The Morgan fingerprint density at radius 3 is 1.85 bits per heavy atom. The molecule has 0 amide bonds. The van der Waals surface area contributed by atoms with Gasteiger partial charge in [0.1, 0.15) is 12.1 Å². The summed E-state index contributed by atoms with van der Waals surface area (Å²) in [5, 5.41) is 0. The van der Waals surface area contributed by atoms with Gasteiger partial charge < -0.3 is 16.2 Å². The molecule has 0 bridgehead atoms. The molecule has 0 heterocycles. The molecule has 2 atom stereocenters. The topological polar surface area (TPSA) is 95.4 Å². The largest absolute Gasteiger partial charge is 0.391 e. The van der Waals surface area contributed by atoms with Gasteiger partial charge in [-0.15, -0.1) is 0 Å². The normalized spacial score (nSPS) is 15.2. The van der Waals surface area contributed by atoms with Gasteiger partial charge in [-0.3, -0.25) is 0 Å². The Balaban J connectivity index is 4.08. The van der Waals surface area contributed by atoms with Crippen molar-refractivity contribution in [3.05, 3.63) is 0 Å². The number of hydrogen-bond donors (Lipinski definition) is 2. The summed E-state index contributed by atoms with van der Waals surface area (Å²) < 4.78 is 4.41. The smallest absolute Gasteiger partial charge is 0.330 e. The summed E-state index contributed by atoms with van der Waals surface area (Å²) in [6.45, 7) is 4.97. The highest BCUT2D eigenvalue weighted by Gasteiger charge is 2.22. The molecule has 0 aromatic rings. The third-order valence-electron chi connectivity index (χ3n) is 1.56. The minimum atomic E-state index is -0.802. The predicted octanol–water partition coefficient (Wildman–Crippen LogP) is -0.613. The van der Waals surface area contributed by atoms with Crippen LogP contribution in [0.1, 0.15) is 20.8 Å². The molecule has 0 rings (SSSR count). The second-order valence-corrected chi connectivity index (χ2v) is 3.30. The first-order chi connectivity index (χ1) is 5.86. The van der Waals surface area contributed by atoms with Gasteiger partial charge in [-0.2, -0.15) is 0 Å². The fourth-order valence-electron chi connectivity index (χ4n) is 0.532. The van der Waals surface area contributed by atoms with E-state index in [4.69, 9.17) is 11.5 Å². The van der Waals surface area contributed by atoms with Crippen LogP contribution in [0.2, 0.25) is 0 Å². The fourth-order valence-corrected chi connectivity index (χ4v) is 0.532. The zero-order chi connectivity index (χ0) is 10.6. The molecule has 0 aromatic heterocycles. The molecule has 0 aliphatic carbocycles. The molecule has 0 unspecified atom stereocenters. The van der Waals surface area contributed by atoms with E-state index >= 15 is 0 Å². The van der Waals surface area contributed by atoms with Crippen molar-refractivity contribution in [2.75, 3.05) is 0 Å². The van der Waals surface area contributed by atoms with Crippen molar-refractivity contribution in [2.45, 2.75) is 32.9 Å². The van der Waals surface area contributed by atoms with E-state index in [2.05, 4.69) is 4.74 Å². The zero-order valence-corrected chi connectivity index (χ0v) is 8.11. The Labute approximate surface area is 77.4 Å². The highest BCUT2D eigenvalue weighted by Crippen LogP contribution is 2.01. The molecule has 0 radical (unpaired) electrons. The van der Waals surface area contributed by atoms with E-state index in [1.807, 2.05) is 0 Å². The van der Waals surface area contributed by atoms with Crippen LogP contribution in [0.25, 0.3) is 0 Å². The zero-order valence-electron chi connectivity index (χ0n) is 8.11. The SMILES string of the molecule is CC(C)[C@H](N)C(=O)OC(=O)[C@H](C)N. The van der Waals surface area contributed by atoms with E-state index in [0.717, 1.165) is 0 Å². The number of carbonyl (C=O) groups is 2. The molecular weight excluding hydrogens is 172 g/mol. The van der Waals surface area contributed by atoms with Crippen LogP contribution in [-0.2, 0) is 14.3 Å². The number of rotatable bonds is 3. The molecule has 0 saturated carbocycles. The van der Waals surface area contributed by atoms with Crippen LogP contribution in [-0.4, -0.2) is 24.0 Å². The Morgan fingerprint density at radius 2 is 1.54 bits per heavy atom. The Hall–Kier alpha value is -0.940. The molecule has 0 aromatic carbocycles. The van der Waals surface area contributed by atoms with Crippen molar-refractivity contribution in [2.24, 2.45) is 17.4 Å². The first-order valence-corrected chi connectivity index (χ1v) is 4.13. The molecule has 0 saturated heterocycles. The van der Waals surface area contributed by atoms with Crippen LogP contribution >= 0.6 is 0 Å². The number of esters is 2. The summed E-state index contributed by atoms with van der Waals surface area (Å²) in [7, 11) is 0. The molecular formula is C8H16N2O3. The summed E-state index contributed by atoms with van der Waals surface area (Å²) in [6.07, 6.45) is 0. The monoisotopic (exact) mass is 188 g/mol. The maximum atomic E-state index is 11.1. The summed E-state index contributed by atoms with van der Waals surface area (Å²) in [5.74, 6) is -1.54. The minimum Gasteiger partial charge on any atom is -0.391 e. The van der Waals surface area contributed by atoms with E-state index in [1.165, 1.54) is 6.92 Å². The lowest BCUT2D eigenvalue weighted by molar-refractivity contribution is -0.161. The van der Waals surface area contributed by atoms with Gasteiger partial charge in [0, 0.05) is 0 Å². The first-order valence-electron chi connectivity index (χ1n) is 4.13. The maximum Gasteiger partial charge on any atom is 0.330 e. The molecule has 0 spiro atoms. The molecule has 5 heteroatoms. The number of ether oxygens (including phenoxy) is 1. The fraction of sp³-hybridized carbons (Fsp3) is 0.750. The molecule has 0 fully saturated rings. The third kappa shape index (κ3) is 4.00. The van der Waals surface area contributed by atoms with Crippen LogP contribution in [0.15, 0.2) is 0 Å². The number of carbonyl (C=O) groups excluding carboxylic acids is 2. The van der Waals surface area contributed by atoms with Crippen LogP contribution in [0.5, 0.6) is 0 Å². The summed E-state index contributed by atoms with van der Waals surface area (Å²) in [6, 6.07) is -1.58. The Kier molecular flexibility index (Phi) is 4.58. The van der Waals surface area contributed by atoms with Gasteiger partial charge in [0.2, 0.25) is 0 Å². The van der Waals surface area contributed by atoms with Crippen molar-refractivity contribution >= 4 is 11.9 Å². The average Bonchev–Trinajstić information content (AvgIpc) is 2.02. The maximum absolute atomic E-state index is 11.1. The van der Waals surface area contributed by atoms with Crippen molar-refractivity contribution in [3.8, 4) is 0 Å². The summed E-state index contributed by atoms with van der Waals surface area (Å²) in [5.41, 5.74) is 10.6. The molecule has 0 aliphatic heterocycles. The van der Waals surface area contributed by atoms with Crippen LogP contribution in [0.3, 0.4) is 0 Å². The van der Waals surface area contributed by atoms with E-state index in [9.17, 15) is 9.59 Å². The predicted molar refractivity (Wildman–Crippen MR) is 47.6 cm³/mol. The van der Waals surface area contributed by atoms with Crippen molar-refractivity contribution in [1.82, 2.24) is 0 Å². The van der Waals surface area contributed by atoms with Gasteiger partial charge in [0.15, 0.2) is 0 Å². The molecule has 76 valence electrons. The standard InChI is InChI=1S/C8H16N2O3/c1-4(2)6(10)8(12)13-7(11)5(3)9/h4-6H,9-10H2,1-3H3/t5-,6-/m0/s1. The van der Waals surface area contributed by atoms with Gasteiger partial charge in [0.25, 0.3) is 0 Å². The molecule has 13 heavy (non-hydrogen) atoms. The molecule has 0 aliphatic rings. The van der Waals surface area contributed by atoms with Gasteiger partial charge in [-0.25, -0.2) is 9.59 Å². The van der Waals surface area contributed by atoms with Crippen molar-refractivity contribution < 1.29 is 14.3 Å². The lowest BCUT2D eigenvalue weighted by Crippen LogP contribution is -2.41. The van der Waals surface area contributed by atoms with Gasteiger partial charge in [-0.1, -0.05) is 13.8 Å².